The Morgan fingerprint density at radius 1 is 1.50 bits per heavy atom. The molecule has 1 aliphatic heterocycles. The largest absolute Gasteiger partial charge is 0.349 e. The zero-order valence-electron chi connectivity index (χ0n) is 11.3. The molecule has 0 atom stereocenters. The molecule has 1 amide bonds. The number of carbonyl (C=O) groups excluding carboxylic acids is 1. The third-order valence-corrected chi connectivity index (χ3v) is 3.64. The molecule has 0 bridgehead atoms. The fourth-order valence-corrected chi connectivity index (χ4v) is 2.43. The van der Waals surface area contributed by atoms with Gasteiger partial charge in [-0.1, -0.05) is 0 Å². The number of aromatic nitrogens is 2. The minimum absolute atomic E-state index is 0.0440. The molecule has 0 spiro atoms. The maximum Gasteiger partial charge on any atom is 0.319 e. The van der Waals surface area contributed by atoms with Crippen LogP contribution in [0.25, 0.3) is 0 Å². The first-order valence-corrected chi connectivity index (χ1v) is 6.94. The minimum Gasteiger partial charge on any atom is -0.349 e. The van der Waals surface area contributed by atoms with Crippen LogP contribution in [0.4, 0.5) is 8.78 Å². The molecule has 1 aromatic heterocycles. The lowest BCUT2D eigenvalue weighted by atomic mass is 9.93. The number of piperidine rings is 1. The van der Waals surface area contributed by atoms with Crippen LogP contribution in [0.2, 0.25) is 0 Å². The molecule has 1 saturated heterocycles. The van der Waals surface area contributed by atoms with Gasteiger partial charge >= 0.3 is 6.55 Å². The van der Waals surface area contributed by atoms with Crippen LogP contribution in [0.15, 0.2) is 12.4 Å². The molecular formula is C13H20F2N4O. The Hall–Kier alpha value is -1.50. The van der Waals surface area contributed by atoms with Crippen molar-refractivity contribution in [2.75, 3.05) is 13.1 Å². The Bertz CT molecular complexity index is 430. The lowest BCUT2D eigenvalue weighted by molar-refractivity contribution is -0.121. The number of halogens is 2. The Morgan fingerprint density at radius 3 is 2.95 bits per heavy atom. The number of amides is 1. The fraction of sp³-hybridized carbons (Fsp3) is 0.692. The zero-order chi connectivity index (χ0) is 14.4. The van der Waals surface area contributed by atoms with E-state index in [0.717, 1.165) is 36.9 Å². The lowest BCUT2D eigenvalue weighted by Crippen LogP contribution is -2.29. The highest BCUT2D eigenvalue weighted by molar-refractivity contribution is 5.75. The molecule has 7 heteroatoms. The third-order valence-electron chi connectivity index (χ3n) is 3.64. The SMILES string of the molecule is O=C(CCC1CCNCC1)NCc1nccn1C(F)F. The van der Waals surface area contributed by atoms with Crippen molar-refractivity contribution in [2.45, 2.75) is 38.8 Å². The average molecular weight is 286 g/mol. The highest BCUT2D eigenvalue weighted by atomic mass is 19.3. The normalized spacial score (nSPS) is 16.6. The molecule has 2 heterocycles. The van der Waals surface area contributed by atoms with Crippen LogP contribution in [0, 0.1) is 5.92 Å². The van der Waals surface area contributed by atoms with Crippen LogP contribution in [0.5, 0.6) is 0 Å². The summed E-state index contributed by atoms with van der Waals surface area (Å²) in [4.78, 5) is 15.5. The first kappa shape index (κ1) is 14.9. The van der Waals surface area contributed by atoms with Gasteiger partial charge in [0.15, 0.2) is 0 Å². The first-order chi connectivity index (χ1) is 9.66. The van der Waals surface area contributed by atoms with Gasteiger partial charge < -0.3 is 10.6 Å². The number of carbonyl (C=O) groups is 1. The summed E-state index contributed by atoms with van der Waals surface area (Å²) in [6.07, 6.45) is 6.02. The van der Waals surface area contributed by atoms with Crippen LogP contribution in [-0.4, -0.2) is 28.5 Å². The van der Waals surface area contributed by atoms with Gasteiger partial charge in [0.05, 0.1) is 6.54 Å². The summed E-state index contributed by atoms with van der Waals surface area (Å²) in [6, 6.07) is 0. The second-order valence-electron chi connectivity index (χ2n) is 5.04. The second kappa shape index (κ2) is 7.33. The van der Waals surface area contributed by atoms with Crippen molar-refractivity contribution >= 4 is 5.91 Å². The number of nitrogens with zero attached hydrogens (tertiary/aromatic N) is 2. The van der Waals surface area contributed by atoms with Gasteiger partial charge in [-0.15, -0.1) is 0 Å². The summed E-state index contributed by atoms with van der Waals surface area (Å²) in [6.45, 7) is -0.558. The molecule has 0 radical (unpaired) electrons. The van der Waals surface area contributed by atoms with E-state index in [1.54, 1.807) is 0 Å². The summed E-state index contributed by atoms with van der Waals surface area (Å²) >= 11 is 0. The lowest BCUT2D eigenvalue weighted by Gasteiger charge is -2.22. The van der Waals surface area contributed by atoms with Crippen molar-refractivity contribution < 1.29 is 13.6 Å². The van der Waals surface area contributed by atoms with Crippen LogP contribution in [-0.2, 0) is 11.3 Å². The Morgan fingerprint density at radius 2 is 2.25 bits per heavy atom. The van der Waals surface area contributed by atoms with Gasteiger partial charge in [-0.05, 0) is 38.3 Å². The number of rotatable bonds is 6. The quantitative estimate of drug-likeness (QED) is 0.836. The summed E-state index contributed by atoms with van der Waals surface area (Å²) in [7, 11) is 0. The van der Waals surface area contributed by atoms with E-state index in [-0.39, 0.29) is 18.3 Å². The van der Waals surface area contributed by atoms with Crippen molar-refractivity contribution in [1.29, 1.82) is 0 Å². The van der Waals surface area contributed by atoms with Crippen LogP contribution in [0.1, 0.15) is 38.1 Å². The van der Waals surface area contributed by atoms with Gasteiger partial charge in [-0.25, -0.2) is 4.98 Å². The van der Waals surface area contributed by atoms with E-state index in [9.17, 15) is 13.6 Å². The summed E-state index contributed by atoms with van der Waals surface area (Å²) in [5, 5.41) is 5.93. The van der Waals surface area contributed by atoms with E-state index >= 15 is 0 Å². The van der Waals surface area contributed by atoms with Crippen molar-refractivity contribution in [3.05, 3.63) is 18.2 Å². The maximum atomic E-state index is 12.6. The van der Waals surface area contributed by atoms with E-state index in [2.05, 4.69) is 15.6 Å². The van der Waals surface area contributed by atoms with Crippen LogP contribution in [0.3, 0.4) is 0 Å². The number of nitrogens with one attached hydrogen (secondary N) is 2. The molecule has 0 aromatic carbocycles. The van der Waals surface area contributed by atoms with Crippen molar-refractivity contribution in [3.8, 4) is 0 Å². The van der Waals surface area contributed by atoms with Gasteiger partial charge in [0.25, 0.3) is 0 Å². The Balaban J connectivity index is 1.70. The highest BCUT2D eigenvalue weighted by Gasteiger charge is 2.15. The van der Waals surface area contributed by atoms with E-state index in [0.29, 0.717) is 12.3 Å². The number of hydrogen-bond acceptors (Lipinski definition) is 3. The van der Waals surface area contributed by atoms with E-state index < -0.39 is 6.55 Å². The molecule has 112 valence electrons. The predicted molar refractivity (Wildman–Crippen MR) is 70.2 cm³/mol. The Kier molecular flexibility index (Phi) is 5.46. The second-order valence-corrected chi connectivity index (χ2v) is 5.04. The van der Waals surface area contributed by atoms with Gasteiger partial charge in [-0.3, -0.25) is 9.36 Å². The molecule has 5 nitrogen and oxygen atoms in total. The van der Waals surface area contributed by atoms with E-state index in [1.807, 2.05) is 0 Å². The molecule has 0 saturated carbocycles. The van der Waals surface area contributed by atoms with Crippen molar-refractivity contribution in [3.63, 3.8) is 0 Å². The average Bonchev–Trinajstić information content (AvgIpc) is 2.92. The number of imidazole rings is 1. The molecule has 0 unspecified atom stereocenters. The molecule has 1 fully saturated rings. The standard InChI is InChI=1S/C13H20F2N4O/c14-13(15)19-8-7-17-11(19)9-18-12(20)2-1-10-3-5-16-6-4-10/h7-8,10,13,16H,1-6,9H2,(H,18,20). The molecule has 1 aromatic rings. The highest BCUT2D eigenvalue weighted by Crippen LogP contribution is 2.17. The van der Waals surface area contributed by atoms with Gasteiger partial charge in [0.1, 0.15) is 5.82 Å². The van der Waals surface area contributed by atoms with Gasteiger partial charge in [0, 0.05) is 18.8 Å². The first-order valence-electron chi connectivity index (χ1n) is 6.94. The van der Waals surface area contributed by atoms with Crippen molar-refractivity contribution in [1.82, 2.24) is 20.2 Å². The van der Waals surface area contributed by atoms with E-state index in [4.69, 9.17) is 0 Å². The molecule has 0 aliphatic carbocycles. The maximum absolute atomic E-state index is 12.6. The summed E-state index contributed by atoms with van der Waals surface area (Å²) < 4.78 is 25.9. The Labute approximate surface area is 116 Å². The molecule has 2 N–H and O–H groups in total. The van der Waals surface area contributed by atoms with Gasteiger partial charge in [0.2, 0.25) is 5.91 Å². The van der Waals surface area contributed by atoms with Crippen molar-refractivity contribution in [2.24, 2.45) is 5.92 Å². The number of alkyl halides is 2. The monoisotopic (exact) mass is 286 g/mol. The predicted octanol–water partition coefficient (Wildman–Crippen LogP) is 1.67. The summed E-state index contributed by atoms with van der Waals surface area (Å²) in [5.41, 5.74) is 0. The summed E-state index contributed by atoms with van der Waals surface area (Å²) in [5.74, 6) is 0.660. The molecular weight excluding hydrogens is 266 g/mol. The topological polar surface area (TPSA) is 59.0 Å². The van der Waals surface area contributed by atoms with Crippen LogP contribution >= 0.6 is 0 Å². The minimum atomic E-state index is -2.63. The smallest absolute Gasteiger partial charge is 0.319 e. The molecule has 20 heavy (non-hydrogen) atoms. The molecule has 2 rings (SSSR count). The van der Waals surface area contributed by atoms with Gasteiger partial charge in [-0.2, -0.15) is 8.78 Å². The molecule has 1 aliphatic rings. The van der Waals surface area contributed by atoms with E-state index in [1.165, 1.54) is 12.4 Å². The fourth-order valence-electron chi connectivity index (χ4n) is 2.43. The third kappa shape index (κ3) is 4.26. The van der Waals surface area contributed by atoms with Crippen LogP contribution < -0.4 is 10.6 Å². The number of hydrogen-bond donors (Lipinski definition) is 2. The zero-order valence-corrected chi connectivity index (χ0v) is 11.3.